The zero-order chi connectivity index (χ0) is 24.6. The van der Waals surface area contributed by atoms with Crippen LogP contribution >= 0.6 is 0 Å². The standard InChI is InChI=1S/C23H30N2O6S2/c1-15-12-16(2)18(4)23(17(15)3)33(29,30)24-11-10-22(26)25-13-21(14-25)32(27,28)20-8-6-19(31-5)7-9-20/h6-9,12,21,24H,10-11,13-14H2,1-5H3. The highest BCUT2D eigenvalue weighted by molar-refractivity contribution is 7.92. The number of hydrogen-bond acceptors (Lipinski definition) is 6. The maximum atomic E-state index is 12.9. The summed E-state index contributed by atoms with van der Waals surface area (Å²) in [6.07, 6.45) is -0.0442. The molecular formula is C23H30N2O6S2. The van der Waals surface area contributed by atoms with Gasteiger partial charge in [0.15, 0.2) is 9.84 Å². The van der Waals surface area contributed by atoms with Crippen LogP contribution in [0.2, 0.25) is 0 Å². The number of benzene rings is 2. The topological polar surface area (TPSA) is 110 Å². The van der Waals surface area contributed by atoms with Crippen LogP contribution in [0.4, 0.5) is 0 Å². The first-order valence-corrected chi connectivity index (χ1v) is 13.6. The van der Waals surface area contributed by atoms with Gasteiger partial charge in [0, 0.05) is 26.1 Å². The second kappa shape index (κ2) is 9.44. The van der Waals surface area contributed by atoms with Crippen LogP contribution in [-0.4, -0.2) is 59.6 Å². The molecule has 1 aliphatic heterocycles. The smallest absolute Gasteiger partial charge is 0.241 e. The number of ether oxygens (including phenoxy) is 1. The van der Waals surface area contributed by atoms with Crippen molar-refractivity contribution in [2.45, 2.75) is 49.2 Å². The number of methoxy groups -OCH3 is 1. The first-order chi connectivity index (χ1) is 15.4. The second-order valence-electron chi connectivity index (χ2n) is 8.38. The molecule has 0 saturated carbocycles. The van der Waals surface area contributed by atoms with E-state index in [2.05, 4.69) is 4.72 Å². The molecule has 0 aromatic heterocycles. The highest BCUT2D eigenvalue weighted by atomic mass is 32.2. The molecule has 8 nitrogen and oxygen atoms in total. The maximum Gasteiger partial charge on any atom is 0.241 e. The minimum atomic E-state index is -3.78. The summed E-state index contributed by atoms with van der Waals surface area (Å²) in [6, 6.07) is 8.10. The van der Waals surface area contributed by atoms with E-state index in [1.165, 1.54) is 24.1 Å². The van der Waals surface area contributed by atoms with Gasteiger partial charge >= 0.3 is 0 Å². The van der Waals surface area contributed by atoms with Crippen LogP contribution in [0.15, 0.2) is 40.1 Å². The molecule has 1 amide bonds. The third kappa shape index (κ3) is 5.07. The number of aryl methyl sites for hydroxylation is 2. The van der Waals surface area contributed by atoms with Crippen LogP contribution in [0.3, 0.4) is 0 Å². The van der Waals surface area contributed by atoms with Crippen molar-refractivity contribution in [3.05, 3.63) is 52.6 Å². The van der Waals surface area contributed by atoms with Gasteiger partial charge in [0.2, 0.25) is 15.9 Å². The number of hydrogen-bond donors (Lipinski definition) is 1. The second-order valence-corrected chi connectivity index (χ2v) is 12.3. The van der Waals surface area contributed by atoms with Crippen molar-refractivity contribution in [1.82, 2.24) is 9.62 Å². The summed E-state index contributed by atoms with van der Waals surface area (Å²) >= 11 is 0. The Morgan fingerprint density at radius 3 is 2.06 bits per heavy atom. The molecule has 10 heteroatoms. The number of sulfonamides is 1. The summed E-state index contributed by atoms with van der Waals surface area (Å²) in [6.45, 7) is 7.40. The fourth-order valence-corrected chi connectivity index (χ4v) is 7.20. The number of rotatable bonds is 8. The van der Waals surface area contributed by atoms with Crippen molar-refractivity contribution in [2.24, 2.45) is 0 Å². The first kappa shape index (κ1) is 25.2. The fourth-order valence-electron chi connectivity index (χ4n) is 3.90. The van der Waals surface area contributed by atoms with Gasteiger partial charge in [-0.05, 0) is 74.2 Å². The van der Waals surface area contributed by atoms with E-state index >= 15 is 0 Å². The number of carbonyl (C=O) groups is 1. The van der Waals surface area contributed by atoms with Crippen molar-refractivity contribution in [3.8, 4) is 5.75 Å². The predicted octanol–water partition coefficient (Wildman–Crippen LogP) is 2.28. The Labute approximate surface area is 195 Å². The average Bonchev–Trinajstić information content (AvgIpc) is 2.71. The third-order valence-corrected chi connectivity index (χ3v) is 10.1. The third-order valence-electron chi connectivity index (χ3n) is 6.22. The van der Waals surface area contributed by atoms with Gasteiger partial charge in [-0.25, -0.2) is 21.6 Å². The van der Waals surface area contributed by atoms with E-state index in [0.29, 0.717) is 16.9 Å². The molecule has 0 spiro atoms. The minimum absolute atomic E-state index is 0.0442. The molecule has 1 heterocycles. The van der Waals surface area contributed by atoms with Gasteiger partial charge in [0.05, 0.1) is 16.9 Å². The van der Waals surface area contributed by atoms with Crippen molar-refractivity contribution in [1.29, 1.82) is 0 Å². The van der Waals surface area contributed by atoms with E-state index in [4.69, 9.17) is 4.74 Å². The molecule has 1 saturated heterocycles. The Morgan fingerprint density at radius 2 is 1.55 bits per heavy atom. The highest BCUT2D eigenvalue weighted by Gasteiger charge is 2.40. The summed E-state index contributed by atoms with van der Waals surface area (Å²) < 4.78 is 58.8. The van der Waals surface area contributed by atoms with Gasteiger partial charge in [-0.3, -0.25) is 4.79 Å². The Morgan fingerprint density at radius 1 is 1.00 bits per heavy atom. The van der Waals surface area contributed by atoms with Crippen LogP contribution in [0.5, 0.6) is 5.75 Å². The molecular weight excluding hydrogens is 464 g/mol. The van der Waals surface area contributed by atoms with Crippen molar-refractivity contribution in [3.63, 3.8) is 0 Å². The summed E-state index contributed by atoms with van der Waals surface area (Å²) in [5.41, 5.74) is 3.15. The lowest BCUT2D eigenvalue weighted by molar-refractivity contribution is -0.134. The van der Waals surface area contributed by atoms with Crippen molar-refractivity contribution >= 4 is 25.8 Å². The lowest BCUT2D eigenvalue weighted by Crippen LogP contribution is -2.57. The Hall–Kier alpha value is -2.43. The maximum absolute atomic E-state index is 12.9. The van der Waals surface area contributed by atoms with Crippen LogP contribution in [0.1, 0.15) is 28.7 Å². The largest absolute Gasteiger partial charge is 0.497 e. The number of nitrogens with one attached hydrogen (secondary N) is 1. The number of carbonyl (C=O) groups excluding carboxylic acids is 1. The van der Waals surface area contributed by atoms with Crippen molar-refractivity contribution < 1.29 is 26.4 Å². The minimum Gasteiger partial charge on any atom is -0.497 e. The Kier molecular flexibility index (Phi) is 7.21. The lowest BCUT2D eigenvalue weighted by atomic mass is 10.0. The molecule has 0 bridgehead atoms. The first-order valence-electron chi connectivity index (χ1n) is 10.6. The quantitative estimate of drug-likeness (QED) is 0.603. The highest BCUT2D eigenvalue weighted by Crippen LogP contribution is 2.27. The molecule has 3 rings (SSSR count). The summed E-state index contributed by atoms with van der Waals surface area (Å²) in [4.78, 5) is 14.3. The molecule has 0 atom stereocenters. The van der Waals surface area contributed by atoms with E-state index in [1.807, 2.05) is 19.9 Å². The fraction of sp³-hybridized carbons (Fsp3) is 0.435. The molecule has 1 N–H and O–H groups in total. The molecule has 1 aliphatic rings. The van der Waals surface area contributed by atoms with Gasteiger partial charge in [-0.1, -0.05) is 6.07 Å². The van der Waals surface area contributed by atoms with Crippen LogP contribution in [0, 0.1) is 27.7 Å². The number of nitrogens with zero attached hydrogens (tertiary/aromatic N) is 1. The zero-order valence-electron chi connectivity index (χ0n) is 19.5. The molecule has 2 aromatic rings. The summed E-state index contributed by atoms with van der Waals surface area (Å²) in [5.74, 6) is 0.278. The molecule has 0 unspecified atom stereocenters. The molecule has 1 fully saturated rings. The monoisotopic (exact) mass is 494 g/mol. The normalized spacial score (nSPS) is 14.8. The van der Waals surface area contributed by atoms with Crippen LogP contribution in [0.25, 0.3) is 0 Å². The lowest BCUT2D eigenvalue weighted by Gasteiger charge is -2.38. The molecule has 33 heavy (non-hydrogen) atoms. The van der Waals surface area contributed by atoms with Gasteiger partial charge in [-0.15, -0.1) is 0 Å². The Balaban J connectivity index is 1.57. The summed E-state index contributed by atoms with van der Waals surface area (Å²) in [5, 5.41) is -0.674. The molecule has 2 aromatic carbocycles. The molecule has 0 radical (unpaired) electrons. The zero-order valence-corrected chi connectivity index (χ0v) is 21.1. The van der Waals surface area contributed by atoms with E-state index in [0.717, 1.165) is 11.1 Å². The number of amides is 1. The van der Waals surface area contributed by atoms with E-state index < -0.39 is 25.1 Å². The average molecular weight is 495 g/mol. The van der Waals surface area contributed by atoms with Crippen molar-refractivity contribution in [2.75, 3.05) is 26.7 Å². The van der Waals surface area contributed by atoms with E-state index in [1.54, 1.807) is 26.0 Å². The van der Waals surface area contributed by atoms with Crippen LogP contribution in [-0.2, 0) is 24.7 Å². The van der Waals surface area contributed by atoms with E-state index in [-0.39, 0.29) is 41.8 Å². The van der Waals surface area contributed by atoms with Gasteiger partial charge in [0.1, 0.15) is 11.0 Å². The molecule has 0 aliphatic carbocycles. The molecule has 180 valence electrons. The van der Waals surface area contributed by atoms with Crippen LogP contribution < -0.4 is 9.46 Å². The van der Waals surface area contributed by atoms with E-state index in [9.17, 15) is 21.6 Å². The number of sulfone groups is 1. The summed E-state index contributed by atoms with van der Waals surface area (Å²) in [7, 11) is -5.83. The Bertz CT molecular complexity index is 1240. The van der Waals surface area contributed by atoms with Gasteiger partial charge in [0.25, 0.3) is 0 Å². The SMILES string of the molecule is COc1ccc(S(=O)(=O)C2CN(C(=O)CCNS(=O)(=O)c3c(C)c(C)cc(C)c3C)C2)cc1. The predicted molar refractivity (Wildman–Crippen MR) is 126 cm³/mol. The number of likely N-dealkylation sites (tertiary alicyclic amines) is 1. The van der Waals surface area contributed by atoms with Gasteiger partial charge in [-0.2, -0.15) is 0 Å². The van der Waals surface area contributed by atoms with Gasteiger partial charge < -0.3 is 9.64 Å².